The summed E-state index contributed by atoms with van der Waals surface area (Å²) in [6.45, 7) is 1.92. The average Bonchev–Trinajstić information content (AvgIpc) is 2.63. The number of rotatable bonds is 5. The van der Waals surface area contributed by atoms with Crippen molar-refractivity contribution in [3.05, 3.63) is 58.3 Å². The van der Waals surface area contributed by atoms with E-state index in [0.29, 0.717) is 16.0 Å². The van der Waals surface area contributed by atoms with Crippen LogP contribution in [0.2, 0.25) is 0 Å². The third-order valence-corrected chi connectivity index (χ3v) is 6.25. The first-order chi connectivity index (χ1) is 12.5. The average molecular weight is 436 g/mol. The molecule has 0 spiro atoms. The largest absolute Gasteiger partial charge is 0.276 e. The predicted molar refractivity (Wildman–Crippen MR) is 107 cm³/mol. The molecular formula is C19H22BrN3O2S. The molecule has 0 aliphatic heterocycles. The smallest absolute Gasteiger partial charge is 0.240 e. The standard InChI is InChI=1S/C19H22BrN3O2S/c1-14-10-12-16(13-11-14)26(24,25)23-22-19(15-6-3-2-4-7-15)17-8-5-9-18(20)21-17/h5,8-13,15,23H,2-4,6-7H2,1H3/b22-19-. The summed E-state index contributed by atoms with van der Waals surface area (Å²) < 4.78 is 25.9. The van der Waals surface area contributed by atoms with Crippen LogP contribution >= 0.6 is 15.9 Å². The quantitative estimate of drug-likeness (QED) is 0.429. The van der Waals surface area contributed by atoms with Crippen molar-refractivity contribution >= 4 is 31.7 Å². The molecule has 1 aliphatic carbocycles. The molecular weight excluding hydrogens is 414 g/mol. The number of hydrogen-bond donors (Lipinski definition) is 1. The van der Waals surface area contributed by atoms with E-state index in [4.69, 9.17) is 0 Å². The number of aromatic nitrogens is 1. The highest BCUT2D eigenvalue weighted by atomic mass is 79.9. The van der Waals surface area contributed by atoms with Crippen LogP contribution < -0.4 is 4.83 Å². The van der Waals surface area contributed by atoms with E-state index in [1.54, 1.807) is 24.3 Å². The molecule has 26 heavy (non-hydrogen) atoms. The second-order valence-corrected chi connectivity index (χ2v) is 9.06. The van der Waals surface area contributed by atoms with Crippen LogP contribution in [0.25, 0.3) is 0 Å². The van der Waals surface area contributed by atoms with Crippen molar-refractivity contribution in [3.8, 4) is 0 Å². The van der Waals surface area contributed by atoms with Crippen LogP contribution in [-0.4, -0.2) is 19.1 Å². The minimum atomic E-state index is -3.71. The predicted octanol–water partition coefficient (Wildman–Crippen LogP) is 4.42. The molecule has 138 valence electrons. The minimum Gasteiger partial charge on any atom is -0.240 e. The molecule has 7 heteroatoms. The Balaban J connectivity index is 1.91. The molecule has 0 amide bonds. The third-order valence-electron chi connectivity index (χ3n) is 4.59. The van der Waals surface area contributed by atoms with E-state index in [-0.39, 0.29) is 10.8 Å². The number of nitrogens with one attached hydrogen (secondary N) is 1. The number of halogens is 1. The Morgan fingerprint density at radius 1 is 1.12 bits per heavy atom. The van der Waals surface area contributed by atoms with Gasteiger partial charge in [-0.1, -0.05) is 43.0 Å². The van der Waals surface area contributed by atoms with Gasteiger partial charge in [-0.05, 0) is 60.0 Å². The lowest BCUT2D eigenvalue weighted by Gasteiger charge is -2.23. The molecule has 1 aliphatic rings. The van der Waals surface area contributed by atoms with Gasteiger partial charge < -0.3 is 0 Å². The molecule has 3 rings (SSSR count). The summed E-state index contributed by atoms with van der Waals surface area (Å²) >= 11 is 3.38. The molecule has 1 aromatic heterocycles. The van der Waals surface area contributed by atoms with Crippen LogP contribution in [0.15, 0.2) is 57.1 Å². The molecule has 1 saturated carbocycles. The normalized spacial score (nSPS) is 16.5. The molecule has 0 atom stereocenters. The number of pyridine rings is 1. The van der Waals surface area contributed by atoms with Gasteiger partial charge in [0.1, 0.15) is 4.60 Å². The maximum absolute atomic E-state index is 12.6. The van der Waals surface area contributed by atoms with Crippen LogP contribution in [0.4, 0.5) is 0 Å². The monoisotopic (exact) mass is 435 g/mol. The van der Waals surface area contributed by atoms with Gasteiger partial charge in [0.25, 0.3) is 10.0 Å². The van der Waals surface area contributed by atoms with Gasteiger partial charge in [-0.25, -0.2) is 4.98 Å². The molecule has 1 fully saturated rings. The number of nitrogens with zero attached hydrogens (tertiary/aromatic N) is 2. The van der Waals surface area contributed by atoms with Crippen LogP contribution in [0, 0.1) is 12.8 Å². The second-order valence-electron chi connectivity index (χ2n) is 6.59. The van der Waals surface area contributed by atoms with Crippen LogP contribution in [0.5, 0.6) is 0 Å². The number of hydrogen-bond acceptors (Lipinski definition) is 4. The summed E-state index contributed by atoms with van der Waals surface area (Å²) in [6, 6.07) is 12.3. The summed E-state index contributed by atoms with van der Waals surface area (Å²) in [5.74, 6) is 0.214. The molecule has 0 radical (unpaired) electrons. The lowest BCUT2D eigenvalue weighted by molar-refractivity contribution is 0.438. The fraction of sp³-hybridized carbons (Fsp3) is 0.368. The number of aryl methyl sites for hydroxylation is 1. The molecule has 5 nitrogen and oxygen atoms in total. The van der Waals surface area contributed by atoms with Gasteiger partial charge in [0.05, 0.1) is 16.3 Å². The van der Waals surface area contributed by atoms with Crippen molar-refractivity contribution in [3.63, 3.8) is 0 Å². The Hall–Kier alpha value is -1.73. The van der Waals surface area contributed by atoms with Crippen molar-refractivity contribution < 1.29 is 8.42 Å². The van der Waals surface area contributed by atoms with Crippen molar-refractivity contribution in [1.29, 1.82) is 0 Å². The molecule has 1 heterocycles. The van der Waals surface area contributed by atoms with Gasteiger partial charge in [0.15, 0.2) is 0 Å². The summed E-state index contributed by atoms with van der Waals surface area (Å²) in [6.07, 6.45) is 5.47. The highest BCUT2D eigenvalue weighted by molar-refractivity contribution is 9.10. The van der Waals surface area contributed by atoms with Gasteiger partial charge in [0, 0.05) is 5.92 Å². The van der Waals surface area contributed by atoms with Crippen molar-refractivity contribution in [2.75, 3.05) is 0 Å². The van der Waals surface area contributed by atoms with E-state index in [9.17, 15) is 8.42 Å². The first-order valence-corrected chi connectivity index (χ1v) is 11.0. The minimum absolute atomic E-state index is 0.206. The Kier molecular flexibility index (Phi) is 6.09. The molecule has 0 saturated heterocycles. The highest BCUT2D eigenvalue weighted by Gasteiger charge is 2.23. The lowest BCUT2D eigenvalue weighted by atomic mass is 9.84. The topological polar surface area (TPSA) is 71.4 Å². The zero-order chi connectivity index (χ0) is 18.6. The molecule has 0 unspecified atom stereocenters. The zero-order valence-electron chi connectivity index (χ0n) is 14.7. The van der Waals surface area contributed by atoms with E-state index in [1.165, 1.54) is 6.42 Å². The number of hydrazone groups is 1. The Morgan fingerprint density at radius 3 is 2.46 bits per heavy atom. The van der Waals surface area contributed by atoms with Crippen LogP contribution in [0.3, 0.4) is 0 Å². The van der Waals surface area contributed by atoms with Gasteiger partial charge in [-0.15, -0.1) is 0 Å². The molecule has 1 N–H and O–H groups in total. The lowest BCUT2D eigenvalue weighted by Crippen LogP contribution is -2.26. The van der Waals surface area contributed by atoms with Gasteiger partial charge in [-0.3, -0.25) is 0 Å². The highest BCUT2D eigenvalue weighted by Crippen LogP contribution is 2.27. The summed E-state index contributed by atoms with van der Waals surface area (Å²) in [4.78, 5) is 7.11. The van der Waals surface area contributed by atoms with E-state index >= 15 is 0 Å². The van der Waals surface area contributed by atoms with E-state index < -0.39 is 10.0 Å². The second kappa shape index (κ2) is 8.31. The summed E-state index contributed by atoms with van der Waals surface area (Å²) in [5, 5.41) is 4.32. The van der Waals surface area contributed by atoms with E-state index in [1.807, 2.05) is 25.1 Å². The number of benzene rings is 1. The Bertz CT molecular complexity index is 889. The molecule has 2 aromatic rings. The molecule has 1 aromatic carbocycles. The SMILES string of the molecule is Cc1ccc(S(=O)(=O)N/N=C(\c2cccc(Br)n2)C2CCCCC2)cc1. The van der Waals surface area contributed by atoms with E-state index in [0.717, 1.165) is 31.2 Å². The maximum Gasteiger partial charge on any atom is 0.276 e. The first-order valence-electron chi connectivity index (χ1n) is 8.75. The summed E-state index contributed by atoms with van der Waals surface area (Å²) in [7, 11) is -3.71. The number of sulfonamides is 1. The van der Waals surface area contributed by atoms with Gasteiger partial charge in [0.2, 0.25) is 0 Å². The van der Waals surface area contributed by atoms with Crippen molar-refractivity contribution in [2.45, 2.75) is 43.9 Å². The third kappa shape index (κ3) is 4.71. The molecule has 0 bridgehead atoms. The Morgan fingerprint density at radius 2 is 1.81 bits per heavy atom. The van der Waals surface area contributed by atoms with Crippen LogP contribution in [-0.2, 0) is 10.0 Å². The first kappa shape index (κ1) is 19.0. The van der Waals surface area contributed by atoms with Gasteiger partial charge in [-0.2, -0.15) is 18.4 Å². The van der Waals surface area contributed by atoms with Crippen LogP contribution in [0.1, 0.15) is 43.4 Å². The van der Waals surface area contributed by atoms with Crippen molar-refractivity contribution in [1.82, 2.24) is 9.82 Å². The van der Waals surface area contributed by atoms with E-state index in [2.05, 4.69) is 30.8 Å². The van der Waals surface area contributed by atoms with Crippen molar-refractivity contribution in [2.24, 2.45) is 11.0 Å². The Labute approximate surface area is 163 Å². The maximum atomic E-state index is 12.6. The summed E-state index contributed by atoms with van der Waals surface area (Å²) in [5.41, 5.74) is 2.42. The zero-order valence-corrected chi connectivity index (χ0v) is 17.1. The fourth-order valence-corrected chi connectivity index (χ4v) is 4.33. The fourth-order valence-electron chi connectivity index (χ4n) is 3.16. The van der Waals surface area contributed by atoms with Gasteiger partial charge >= 0.3 is 0 Å².